The zero-order valence-electron chi connectivity index (χ0n) is 19.0. The third-order valence-corrected chi connectivity index (χ3v) is 5.49. The number of pyridine rings is 1. The van der Waals surface area contributed by atoms with Gasteiger partial charge in [0.25, 0.3) is 0 Å². The lowest BCUT2D eigenvalue weighted by Gasteiger charge is -2.36. The Hall–Kier alpha value is -2.06. The van der Waals surface area contributed by atoms with Gasteiger partial charge in [0.15, 0.2) is 0 Å². The average molecular weight is 420 g/mol. The Morgan fingerprint density at radius 1 is 1.13 bits per heavy atom. The molecule has 168 valence electrons. The maximum Gasteiger partial charge on any atom is 0.410 e. The van der Waals surface area contributed by atoms with E-state index in [1.165, 1.54) is 0 Å². The minimum Gasteiger partial charge on any atom is -0.444 e. The lowest BCUT2D eigenvalue weighted by atomic mass is 10.2. The second-order valence-corrected chi connectivity index (χ2v) is 9.06. The lowest BCUT2D eigenvalue weighted by Crippen LogP contribution is -2.50. The Bertz CT molecular complexity index is 662. The van der Waals surface area contributed by atoms with Crippen LogP contribution in [0.3, 0.4) is 0 Å². The molecule has 0 radical (unpaired) electrons. The molecule has 0 N–H and O–H groups in total. The maximum absolute atomic E-state index is 12.2. The van der Waals surface area contributed by atoms with E-state index in [4.69, 9.17) is 9.47 Å². The van der Waals surface area contributed by atoms with Gasteiger partial charge in [-0.2, -0.15) is 0 Å². The van der Waals surface area contributed by atoms with Crippen molar-refractivity contribution in [3.8, 4) is 0 Å². The number of hydrogen-bond donors (Lipinski definition) is 0. The van der Waals surface area contributed by atoms with E-state index in [0.717, 1.165) is 70.4 Å². The number of hydrogen-bond acceptors (Lipinski definition) is 7. The number of amides is 1. The SMILES string of the molecule is CN(CCCN1CCOCC1)c1ccc(N2CCN(C(=O)OC(C)(C)C)CC2)cn1. The Morgan fingerprint density at radius 3 is 2.43 bits per heavy atom. The minimum absolute atomic E-state index is 0.227. The van der Waals surface area contributed by atoms with Crippen LogP contribution in [0, 0.1) is 0 Å². The molecule has 2 fully saturated rings. The molecule has 3 rings (SSSR count). The third kappa shape index (κ3) is 6.74. The molecule has 0 atom stereocenters. The summed E-state index contributed by atoms with van der Waals surface area (Å²) in [6.45, 7) is 14.5. The Kier molecular flexibility index (Phi) is 7.77. The van der Waals surface area contributed by atoms with E-state index < -0.39 is 5.60 Å². The first-order valence-corrected chi connectivity index (χ1v) is 11.0. The largest absolute Gasteiger partial charge is 0.444 e. The molecule has 3 heterocycles. The number of rotatable bonds is 6. The summed E-state index contributed by atoms with van der Waals surface area (Å²) in [5.41, 5.74) is 0.645. The standard InChI is InChI=1S/C22H37N5O3/c1-22(2,3)30-21(28)27-12-10-26(11-13-27)19-6-7-20(23-18-19)24(4)8-5-9-25-14-16-29-17-15-25/h6-7,18H,5,8-17H2,1-4H3. The van der Waals surface area contributed by atoms with Gasteiger partial charge in [-0.3, -0.25) is 4.90 Å². The van der Waals surface area contributed by atoms with Crippen molar-refractivity contribution in [2.45, 2.75) is 32.8 Å². The molecular formula is C22H37N5O3. The molecule has 2 aliphatic heterocycles. The molecule has 0 spiro atoms. The van der Waals surface area contributed by atoms with Crippen LogP contribution < -0.4 is 9.80 Å². The summed E-state index contributed by atoms with van der Waals surface area (Å²) in [4.78, 5) is 25.6. The molecule has 30 heavy (non-hydrogen) atoms. The van der Waals surface area contributed by atoms with Crippen molar-refractivity contribution < 1.29 is 14.3 Å². The topological polar surface area (TPSA) is 61.4 Å². The summed E-state index contributed by atoms with van der Waals surface area (Å²) in [5.74, 6) is 0.994. The van der Waals surface area contributed by atoms with Gasteiger partial charge in [0.05, 0.1) is 25.1 Å². The molecule has 2 saturated heterocycles. The third-order valence-electron chi connectivity index (χ3n) is 5.49. The van der Waals surface area contributed by atoms with Crippen LogP contribution in [0.2, 0.25) is 0 Å². The highest BCUT2D eigenvalue weighted by molar-refractivity contribution is 5.68. The molecule has 0 saturated carbocycles. The molecular weight excluding hydrogens is 382 g/mol. The van der Waals surface area contributed by atoms with Gasteiger partial charge in [0, 0.05) is 59.4 Å². The predicted molar refractivity (Wildman–Crippen MR) is 119 cm³/mol. The predicted octanol–water partition coefficient (Wildman–Crippen LogP) is 2.30. The number of morpholine rings is 1. The van der Waals surface area contributed by atoms with Crippen LogP contribution in [-0.2, 0) is 9.47 Å². The summed E-state index contributed by atoms with van der Waals surface area (Å²) < 4.78 is 10.9. The number of piperazine rings is 1. The average Bonchev–Trinajstić information content (AvgIpc) is 2.73. The van der Waals surface area contributed by atoms with Gasteiger partial charge in [-0.15, -0.1) is 0 Å². The van der Waals surface area contributed by atoms with Crippen molar-refractivity contribution in [1.82, 2.24) is 14.8 Å². The van der Waals surface area contributed by atoms with Crippen molar-refractivity contribution in [3.63, 3.8) is 0 Å². The monoisotopic (exact) mass is 419 g/mol. The highest BCUT2D eigenvalue weighted by Gasteiger charge is 2.26. The Morgan fingerprint density at radius 2 is 1.83 bits per heavy atom. The quantitative estimate of drug-likeness (QED) is 0.701. The van der Waals surface area contributed by atoms with Gasteiger partial charge < -0.3 is 24.2 Å². The lowest BCUT2D eigenvalue weighted by molar-refractivity contribution is 0.0240. The highest BCUT2D eigenvalue weighted by Crippen LogP contribution is 2.20. The Balaban J connectivity index is 1.42. The molecule has 0 aliphatic carbocycles. The molecule has 0 bridgehead atoms. The fourth-order valence-electron chi connectivity index (χ4n) is 3.74. The van der Waals surface area contributed by atoms with Gasteiger partial charge in [-0.1, -0.05) is 0 Å². The van der Waals surface area contributed by atoms with Crippen LogP contribution >= 0.6 is 0 Å². The molecule has 1 aromatic rings. The van der Waals surface area contributed by atoms with E-state index in [0.29, 0.717) is 13.1 Å². The zero-order valence-corrected chi connectivity index (χ0v) is 19.0. The minimum atomic E-state index is -0.456. The van der Waals surface area contributed by atoms with Gasteiger partial charge in [-0.05, 0) is 39.3 Å². The molecule has 0 aromatic carbocycles. The molecule has 0 unspecified atom stereocenters. The van der Waals surface area contributed by atoms with Gasteiger partial charge in [-0.25, -0.2) is 9.78 Å². The second-order valence-electron chi connectivity index (χ2n) is 9.06. The molecule has 8 heteroatoms. The van der Waals surface area contributed by atoms with Crippen molar-refractivity contribution in [3.05, 3.63) is 18.3 Å². The normalized spacial score (nSPS) is 18.4. The van der Waals surface area contributed by atoms with Crippen molar-refractivity contribution in [2.75, 3.05) is 82.4 Å². The second kappa shape index (κ2) is 10.3. The van der Waals surface area contributed by atoms with Crippen molar-refractivity contribution >= 4 is 17.6 Å². The van der Waals surface area contributed by atoms with Crippen LogP contribution in [-0.4, -0.2) is 99.1 Å². The number of ether oxygens (including phenoxy) is 2. The number of nitrogens with zero attached hydrogens (tertiary/aromatic N) is 5. The molecule has 8 nitrogen and oxygen atoms in total. The maximum atomic E-state index is 12.2. The molecule has 1 amide bonds. The number of anilines is 2. The van der Waals surface area contributed by atoms with Crippen LogP contribution in [0.1, 0.15) is 27.2 Å². The molecule has 2 aliphatic rings. The summed E-state index contributed by atoms with van der Waals surface area (Å²) >= 11 is 0. The van der Waals surface area contributed by atoms with Crippen molar-refractivity contribution in [2.24, 2.45) is 0 Å². The van der Waals surface area contributed by atoms with E-state index in [1.807, 2.05) is 27.0 Å². The van der Waals surface area contributed by atoms with Gasteiger partial charge >= 0.3 is 6.09 Å². The summed E-state index contributed by atoms with van der Waals surface area (Å²) in [7, 11) is 2.10. The van der Waals surface area contributed by atoms with E-state index in [1.54, 1.807) is 4.90 Å². The summed E-state index contributed by atoms with van der Waals surface area (Å²) in [6.07, 6.45) is 2.83. The number of carbonyl (C=O) groups is 1. The van der Waals surface area contributed by atoms with E-state index in [9.17, 15) is 4.79 Å². The highest BCUT2D eigenvalue weighted by atomic mass is 16.6. The van der Waals surface area contributed by atoms with Crippen LogP contribution in [0.15, 0.2) is 18.3 Å². The van der Waals surface area contributed by atoms with Crippen LogP contribution in [0.5, 0.6) is 0 Å². The smallest absolute Gasteiger partial charge is 0.410 e. The summed E-state index contributed by atoms with van der Waals surface area (Å²) in [6, 6.07) is 4.22. The van der Waals surface area contributed by atoms with Gasteiger partial charge in [0.1, 0.15) is 11.4 Å². The van der Waals surface area contributed by atoms with E-state index in [2.05, 4.69) is 38.9 Å². The Labute approximate surface area is 180 Å². The fraction of sp³-hybridized carbons (Fsp3) is 0.727. The zero-order chi connectivity index (χ0) is 21.6. The first-order valence-electron chi connectivity index (χ1n) is 11.0. The fourth-order valence-corrected chi connectivity index (χ4v) is 3.74. The molecule has 1 aromatic heterocycles. The van der Waals surface area contributed by atoms with E-state index >= 15 is 0 Å². The van der Waals surface area contributed by atoms with Gasteiger partial charge in [0.2, 0.25) is 0 Å². The van der Waals surface area contributed by atoms with Crippen molar-refractivity contribution in [1.29, 1.82) is 0 Å². The number of carbonyl (C=O) groups excluding carboxylic acids is 1. The summed E-state index contributed by atoms with van der Waals surface area (Å²) in [5, 5.41) is 0. The van der Waals surface area contributed by atoms with Crippen LogP contribution in [0.25, 0.3) is 0 Å². The first-order chi connectivity index (χ1) is 14.3. The van der Waals surface area contributed by atoms with Crippen LogP contribution in [0.4, 0.5) is 16.3 Å². The number of aromatic nitrogens is 1. The van der Waals surface area contributed by atoms with E-state index in [-0.39, 0.29) is 6.09 Å². The first kappa shape index (κ1) is 22.6.